The summed E-state index contributed by atoms with van der Waals surface area (Å²) in [7, 11) is 1.97. The number of nitrogens with zero attached hydrogens (tertiary/aromatic N) is 4. The molecule has 0 amide bonds. The van der Waals surface area contributed by atoms with Gasteiger partial charge in [0.05, 0.1) is 22.8 Å². The van der Waals surface area contributed by atoms with Crippen molar-refractivity contribution in [2.75, 3.05) is 11.9 Å². The van der Waals surface area contributed by atoms with Crippen LogP contribution in [-0.4, -0.2) is 17.0 Å². The summed E-state index contributed by atoms with van der Waals surface area (Å²) in [4.78, 5) is 10.8. The zero-order chi connectivity index (χ0) is 14.8. The van der Waals surface area contributed by atoms with Gasteiger partial charge < -0.3 is 4.90 Å². The average molecular weight is 339 g/mol. The van der Waals surface area contributed by atoms with Crippen LogP contribution in [0.2, 0.25) is 0 Å². The fraction of sp³-hybridized carbons (Fsp3) is 0.0625. The molecule has 0 saturated heterocycles. The largest absolute Gasteiger partial charge is 0.343 e. The first-order chi connectivity index (χ1) is 10.2. The highest BCUT2D eigenvalue weighted by Crippen LogP contribution is 2.29. The van der Waals surface area contributed by atoms with Crippen molar-refractivity contribution in [1.29, 1.82) is 5.26 Å². The quantitative estimate of drug-likeness (QED) is 0.707. The normalized spacial score (nSPS) is 10.3. The Morgan fingerprint density at radius 2 is 1.90 bits per heavy atom. The van der Waals surface area contributed by atoms with E-state index in [9.17, 15) is 0 Å². The zero-order valence-electron chi connectivity index (χ0n) is 11.3. The number of hydrogen-bond acceptors (Lipinski definition) is 4. The third kappa shape index (κ3) is 2.58. The van der Waals surface area contributed by atoms with Crippen LogP contribution in [0.5, 0.6) is 0 Å². The Hall–Kier alpha value is -2.45. The maximum atomic E-state index is 8.87. The van der Waals surface area contributed by atoms with Crippen molar-refractivity contribution >= 4 is 38.3 Å². The second-order valence-corrected chi connectivity index (χ2v) is 5.48. The molecule has 0 aliphatic heterocycles. The number of anilines is 2. The minimum absolute atomic E-state index is 0.647. The molecule has 0 saturated carbocycles. The van der Waals surface area contributed by atoms with Crippen LogP contribution in [0.25, 0.3) is 11.0 Å². The molecule has 21 heavy (non-hydrogen) atoms. The fourth-order valence-electron chi connectivity index (χ4n) is 2.16. The summed E-state index contributed by atoms with van der Waals surface area (Å²) in [6, 6.07) is 13.4. The van der Waals surface area contributed by atoms with Crippen molar-refractivity contribution in [2.45, 2.75) is 0 Å². The summed E-state index contributed by atoms with van der Waals surface area (Å²) in [6.45, 7) is 0. The summed E-state index contributed by atoms with van der Waals surface area (Å²) < 4.78 is 0.903. The Morgan fingerprint density at radius 3 is 2.62 bits per heavy atom. The zero-order valence-corrected chi connectivity index (χ0v) is 12.9. The van der Waals surface area contributed by atoms with Gasteiger partial charge in [-0.1, -0.05) is 0 Å². The molecule has 0 bridgehead atoms. The summed E-state index contributed by atoms with van der Waals surface area (Å²) in [6.07, 6.45) is 3.53. The first kappa shape index (κ1) is 13.5. The minimum Gasteiger partial charge on any atom is -0.343 e. The maximum Gasteiger partial charge on any atom is 0.112 e. The topological polar surface area (TPSA) is 52.8 Å². The molecule has 4 nitrogen and oxygen atoms in total. The summed E-state index contributed by atoms with van der Waals surface area (Å²) in [5.41, 5.74) is 4.28. The number of benzene rings is 1. The molecule has 0 aliphatic rings. The van der Waals surface area contributed by atoms with Crippen LogP contribution in [0.4, 0.5) is 11.4 Å². The molecule has 0 spiro atoms. The van der Waals surface area contributed by atoms with Crippen LogP contribution in [0.3, 0.4) is 0 Å². The molecular formula is C16H11BrN4. The van der Waals surface area contributed by atoms with E-state index in [1.807, 2.05) is 36.2 Å². The van der Waals surface area contributed by atoms with E-state index < -0.39 is 0 Å². The Bertz CT molecular complexity index is 837. The highest BCUT2D eigenvalue weighted by molar-refractivity contribution is 9.10. The number of hydrogen-bond donors (Lipinski definition) is 0. The molecule has 1 aromatic carbocycles. The second-order valence-electron chi connectivity index (χ2n) is 4.57. The summed E-state index contributed by atoms with van der Waals surface area (Å²) in [5, 5.41) is 8.87. The molecule has 3 aromatic rings. The van der Waals surface area contributed by atoms with Crippen molar-refractivity contribution in [2.24, 2.45) is 0 Å². The lowest BCUT2D eigenvalue weighted by atomic mass is 10.2. The molecule has 2 aromatic heterocycles. The van der Waals surface area contributed by atoms with Crippen LogP contribution >= 0.6 is 15.9 Å². The first-order valence-electron chi connectivity index (χ1n) is 6.33. The number of halogens is 1. The Morgan fingerprint density at radius 1 is 1.14 bits per heavy atom. The van der Waals surface area contributed by atoms with Gasteiger partial charge in [0.2, 0.25) is 0 Å². The van der Waals surface area contributed by atoms with Crippen LogP contribution in [0, 0.1) is 11.3 Å². The van der Waals surface area contributed by atoms with Gasteiger partial charge in [-0.25, -0.2) is 0 Å². The van der Waals surface area contributed by atoms with Gasteiger partial charge in [-0.2, -0.15) is 5.26 Å². The summed E-state index contributed by atoms with van der Waals surface area (Å²) in [5.74, 6) is 0. The van der Waals surface area contributed by atoms with Gasteiger partial charge in [0.15, 0.2) is 0 Å². The van der Waals surface area contributed by atoms with E-state index in [4.69, 9.17) is 5.26 Å². The lowest BCUT2D eigenvalue weighted by molar-refractivity contribution is 1.19. The number of nitriles is 1. The maximum absolute atomic E-state index is 8.87. The van der Waals surface area contributed by atoms with E-state index in [1.165, 1.54) is 0 Å². The summed E-state index contributed by atoms with van der Waals surface area (Å²) >= 11 is 3.41. The smallest absolute Gasteiger partial charge is 0.112 e. The van der Waals surface area contributed by atoms with Gasteiger partial charge in [0.1, 0.15) is 5.52 Å². The molecule has 0 fully saturated rings. The van der Waals surface area contributed by atoms with Crippen molar-refractivity contribution in [1.82, 2.24) is 9.97 Å². The van der Waals surface area contributed by atoms with Crippen LogP contribution in [0.1, 0.15) is 5.56 Å². The van der Waals surface area contributed by atoms with Crippen molar-refractivity contribution in [3.05, 3.63) is 58.8 Å². The monoisotopic (exact) mass is 338 g/mol. The lowest BCUT2D eigenvalue weighted by Crippen LogP contribution is -2.10. The van der Waals surface area contributed by atoms with Gasteiger partial charge in [0.25, 0.3) is 0 Å². The van der Waals surface area contributed by atoms with Crippen LogP contribution < -0.4 is 4.90 Å². The predicted molar refractivity (Wildman–Crippen MR) is 86.5 cm³/mol. The van der Waals surface area contributed by atoms with E-state index in [-0.39, 0.29) is 0 Å². The Labute approximate surface area is 130 Å². The minimum atomic E-state index is 0.647. The van der Waals surface area contributed by atoms with Gasteiger partial charge >= 0.3 is 0 Å². The van der Waals surface area contributed by atoms with Crippen LogP contribution in [-0.2, 0) is 0 Å². The standard InChI is InChI=1S/C16H11BrN4/c1-21(13-4-2-11(9-18)3-5-13)15-6-7-19-14-8-12(17)10-20-16(14)15/h2-8,10H,1H3. The molecule has 3 rings (SSSR count). The van der Waals surface area contributed by atoms with Crippen molar-refractivity contribution in [3.63, 3.8) is 0 Å². The number of aromatic nitrogens is 2. The van der Waals surface area contributed by atoms with E-state index >= 15 is 0 Å². The highest BCUT2D eigenvalue weighted by atomic mass is 79.9. The number of pyridine rings is 2. The van der Waals surface area contributed by atoms with E-state index in [2.05, 4.69) is 32.0 Å². The van der Waals surface area contributed by atoms with E-state index in [0.29, 0.717) is 5.56 Å². The van der Waals surface area contributed by atoms with Gasteiger partial charge in [-0.15, -0.1) is 0 Å². The van der Waals surface area contributed by atoms with E-state index in [0.717, 1.165) is 26.9 Å². The Kier molecular flexibility index (Phi) is 3.55. The third-order valence-corrected chi connectivity index (χ3v) is 3.70. The van der Waals surface area contributed by atoms with E-state index in [1.54, 1.807) is 24.5 Å². The second kappa shape index (κ2) is 5.51. The van der Waals surface area contributed by atoms with Gasteiger partial charge in [-0.3, -0.25) is 9.97 Å². The average Bonchev–Trinajstić information content (AvgIpc) is 2.53. The molecule has 2 heterocycles. The molecule has 0 unspecified atom stereocenters. The van der Waals surface area contributed by atoms with Gasteiger partial charge in [-0.05, 0) is 52.3 Å². The lowest BCUT2D eigenvalue weighted by Gasteiger charge is -2.20. The molecule has 0 aliphatic carbocycles. The first-order valence-corrected chi connectivity index (χ1v) is 7.12. The predicted octanol–water partition coefficient (Wildman–Crippen LogP) is 4.03. The van der Waals surface area contributed by atoms with Gasteiger partial charge in [0, 0.05) is 29.6 Å². The number of fused-ring (bicyclic) bond motifs is 1. The number of rotatable bonds is 2. The molecular weight excluding hydrogens is 328 g/mol. The molecule has 0 N–H and O–H groups in total. The molecule has 102 valence electrons. The third-order valence-electron chi connectivity index (χ3n) is 3.27. The van der Waals surface area contributed by atoms with Crippen molar-refractivity contribution in [3.8, 4) is 6.07 Å². The van der Waals surface area contributed by atoms with Crippen LogP contribution in [0.15, 0.2) is 53.3 Å². The molecule has 0 atom stereocenters. The SMILES string of the molecule is CN(c1ccc(C#N)cc1)c1ccnc2cc(Br)cnc12. The fourth-order valence-corrected chi connectivity index (χ4v) is 2.48. The highest BCUT2D eigenvalue weighted by Gasteiger charge is 2.10. The van der Waals surface area contributed by atoms with Crippen molar-refractivity contribution < 1.29 is 0 Å². The molecule has 5 heteroatoms. The Balaban J connectivity index is 2.08. The molecule has 0 radical (unpaired) electrons.